The van der Waals surface area contributed by atoms with E-state index in [9.17, 15) is 19.8 Å². The number of unbranched alkanes of at least 4 members (excludes halogenated alkanes) is 16. The van der Waals surface area contributed by atoms with Gasteiger partial charge < -0.3 is 20.3 Å². The first-order valence-corrected chi connectivity index (χ1v) is 22.7. The first-order chi connectivity index (χ1) is 28.0. The molecule has 3 unspecified atom stereocenters. The molecular weight excluding hydrogens is 707 g/mol. The molecular formula is C51H83NO5. The zero-order chi connectivity index (χ0) is 41.7. The fraction of sp³-hybridized carbons (Fsp3) is 0.608. The van der Waals surface area contributed by atoms with Gasteiger partial charge in [0.15, 0.2) is 0 Å². The van der Waals surface area contributed by atoms with Crippen LogP contribution in [0.5, 0.6) is 0 Å². The first-order valence-electron chi connectivity index (χ1n) is 22.7. The predicted octanol–water partition coefficient (Wildman–Crippen LogP) is 13.2. The normalized spacial score (nSPS) is 14.4. The number of esters is 1. The Kier molecular flexibility index (Phi) is 41.0. The lowest BCUT2D eigenvalue weighted by atomic mass is 10.0. The van der Waals surface area contributed by atoms with Crippen LogP contribution in [-0.2, 0) is 14.3 Å². The van der Waals surface area contributed by atoms with Crippen LogP contribution in [0.25, 0.3) is 0 Å². The minimum absolute atomic E-state index is 0.0414. The average Bonchev–Trinajstić information content (AvgIpc) is 3.20. The monoisotopic (exact) mass is 790 g/mol. The van der Waals surface area contributed by atoms with Gasteiger partial charge in [-0.2, -0.15) is 0 Å². The SMILES string of the molecule is CC/C=C/C=C/C=C\C=C/C=C/CC(CC(=O)NC(CO)C(O)CCCCCCCCCCCCCCCC)OC(=O)CCCCC\C=C/C=C\C=C\C=C\CC. The summed E-state index contributed by atoms with van der Waals surface area (Å²) in [5.74, 6) is -0.668. The van der Waals surface area contributed by atoms with E-state index >= 15 is 0 Å². The van der Waals surface area contributed by atoms with Crippen LogP contribution in [0.3, 0.4) is 0 Å². The van der Waals surface area contributed by atoms with E-state index in [0.29, 0.717) is 19.3 Å². The third-order valence-corrected chi connectivity index (χ3v) is 9.57. The molecule has 0 saturated carbocycles. The third-order valence-electron chi connectivity index (χ3n) is 9.57. The fourth-order valence-electron chi connectivity index (χ4n) is 6.17. The molecule has 0 aliphatic heterocycles. The van der Waals surface area contributed by atoms with Crippen molar-refractivity contribution in [1.82, 2.24) is 5.32 Å². The van der Waals surface area contributed by atoms with E-state index in [1.165, 1.54) is 70.6 Å². The van der Waals surface area contributed by atoms with Crippen molar-refractivity contribution in [2.24, 2.45) is 0 Å². The number of carbonyl (C=O) groups excluding carboxylic acids is 2. The third kappa shape index (κ3) is 39.1. The smallest absolute Gasteiger partial charge is 0.306 e. The second-order valence-corrected chi connectivity index (χ2v) is 14.9. The van der Waals surface area contributed by atoms with Crippen LogP contribution < -0.4 is 5.32 Å². The molecule has 322 valence electrons. The lowest BCUT2D eigenvalue weighted by Crippen LogP contribution is -2.46. The second kappa shape index (κ2) is 43.6. The maximum absolute atomic E-state index is 13.1. The van der Waals surface area contributed by atoms with Crippen molar-refractivity contribution in [2.45, 2.75) is 193 Å². The van der Waals surface area contributed by atoms with Crippen LogP contribution in [-0.4, -0.2) is 46.9 Å². The van der Waals surface area contributed by atoms with Gasteiger partial charge in [-0.25, -0.2) is 0 Å². The maximum Gasteiger partial charge on any atom is 0.306 e. The quantitative estimate of drug-likeness (QED) is 0.0329. The molecule has 0 aromatic heterocycles. The van der Waals surface area contributed by atoms with Crippen LogP contribution in [0.1, 0.15) is 175 Å². The highest BCUT2D eigenvalue weighted by Gasteiger charge is 2.23. The van der Waals surface area contributed by atoms with E-state index in [-0.39, 0.29) is 24.9 Å². The van der Waals surface area contributed by atoms with E-state index in [1.54, 1.807) is 0 Å². The van der Waals surface area contributed by atoms with Gasteiger partial charge in [-0.3, -0.25) is 9.59 Å². The van der Waals surface area contributed by atoms with Gasteiger partial charge in [0.25, 0.3) is 0 Å². The molecule has 0 aliphatic carbocycles. The molecule has 0 heterocycles. The molecule has 3 atom stereocenters. The Morgan fingerprint density at radius 2 is 0.982 bits per heavy atom. The van der Waals surface area contributed by atoms with Gasteiger partial charge in [-0.1, -0.05) is 226 Å². The Hall–Kier alpha value is -3.48. The van der Waals surface area contributed by atoms with Gasteiger partial charge in [-0.05, 0) is 38.5 Å². The highest BCUT2D eigenvalue weighted by molar-refractivity contribution is 5.77. The summed E-state index contributed by atoms with van der Waals surface area (Å²) in [6.07, 6.45) is 58.8. The Morgan fingerprint density at radius 3 is 1.47 bits per heavy atom. The Morgan fingerprint density at radius 1 is 0.544 bits per heavy atom. The highest BCUT2D eigenvalue weighted by atomic mass is 16.5. The van der Waals surface area contributed by atoms with Gasteiger partial charge >= 0.3 is 5.97 Å². The summed E-state index contributed by atoms with van der Waals surface area (Å²) in [6, 6.07) is -0.753. The largest absolute Gasteiger partial charge is 0.461 e. The Balaban J connectivity index is 4.77. The fourth-order valence-corrected chi connectivity index (χ4v) is 6.17. The summed E-state index contributed by atoms with van der Waals surface area (Å²) >= 11 is 0. The van der Waals surface area contributed by atoms with E-state index in [1.807, 2.05) is 91.1 Å². The van der Waals surface area contributed by atoms with Crippen molar-refractivity contribution in [3.05, 3.63) is 109 Å². The summed E-state index contributed by atoms with van der Waals surface area (Å²) in [5.41, 5.74) is 0. The predicted molar refractivity (Wildman–Crippen MR) is 245 cm³/mol. The van der Waals surface area contributed by atoms with Gasteiger partial charge in [0, 0.05) is 12.8 Å². The first kappa shape index (κ1) is 53.5. The van der Waals surface area contributed by atoms with Crippen LogP contribution in [0.4, 0.5) is 0 Å². The van der Waals surface area contributed by atoms with Gasteiger partial charge in [0.1, 0.15) is 6.10 Å². The van der Waals surface area contributed by atoms with E-state index in [4.69, 9.17) is 4.74 Å². The van der Waals surface area contributed by atoms with Gasteiger partial charge in [0.2, 0.25) is 5.91 Å². The van der Waals surface area contributed by atoms with Crippen molar-refractivity contribution in [1.29, 1.82) is 0 Å². The average molecular weight is 790 g/mol. The van der Waals surface area contributed by atoms with Crippen LogP contribution >= 0.6 is 0 Å². The van der Waals surface area contributed by atoms with Crippen LogP contribution in [0, 0.1) is 0 Å². The number of hydrogen-bond acceptors (Lipinski definition) is 5. The number of nitrogens with one attached hydrogen (secondary N) is 1. The zero-order valence-electron chi connectivity index (χ0n) is 36.4. The number of ether oxygens (including phenoxy) is 1. The summed E-state index contributed by atoms with van der Waals surface area (Å²) in [5, 5.41) is 23.6. The molecule has 57 heavy (non-hydrogen) atoms. The van der Waals surface area contributed by atoms with Crippen molar-refractivity contribution >= 4 is 11.9 Å². The van der Waals surface area contributed by atoms with Crippen molar-refractivity contribution < 1.29 is 24.5 Å². The van der Waals surface area contributed by atoms with Gasteiger partial charge in [0.05, 0.1) is 25.2 Å². The van der Waals surface area contributed by atoms with Gasteiger partial charge in [-0.15, -0.1) is 0 Å². The zero-order valence-corrected chi connectivity index (χ0v) is 36.4. The maximum atomic E-state index is 13.1. The van der Waals surface area contributed by atoms with Crippen LogP contribution in [0.15, 0.2) is 109 Å². The van der Waals surface area contributed by atoms with E-state index < -0.39 is 18.2 Å². The number of amides is 1. The number of carbonyl (C=O) groups is 2. The topological polar surface area (TPSA) is 95.9 Å². The Bertz CT molecular complexity index is 1200. The summed E-state index contributed by atoms with van der Waals surface area (Å²) in [4.78, 5) is 25.9. The molecule has 0 spiro atoms. The second-order valence-electron chi connectivity index (χ2n) is 14.9. The molecule has 3 N–H and O–H groups in total. The molecule has 0 bridgehead atoms. The molecule has 0 aromatic carbocycles. The lowest BCUT2D eigenvalue weighted by Gasteiger charge is -2.24. The summed E-state index contributed by atoms with van der Waals surface area (Å²) < 4.78 is 5.79. The molecule has 0 radical (unpaired) electrons. The lowest BCUT2D eigenvalue weighted by molar-refractivity contribution is -0.150. The molecule has 1 amide bonds. The number of hydrogen-bond donors (Lipinski definition) is 3. The van der Waals surface area contributed by atoms with Crippen molar-refractivity contribution in [3.8, 4) is 0 Å². The molecule has 0 saturated heterocycles. The molecule has 0 aliphatic rings. The molecule has 0 rings (SSSR count). The highest BCUT2D eigenvalue weighted by Crippen LogP contribution is 2.15. The van der Waals surface area contributed by atoms with Crippen molar-refractivity contribution in [3.63, 3.8) is 0 Å². The molecule has 0 aromatic rings. The van der Waals surface area contributed by atoms with E-state index in [2.05, 4.69) is 44.3 Å². The number of allylic oxidation sites excluding steroid dienone is 17. The summed E-state index contributed by atoms with van der Waals surface area (Å²) in [6.45, 7) is 6.12. The minimum atomic E-state index is -0.830. The standard InChI is InChI=1S/C51H83NO5/c1-4-7-10-13-16-19-22-24-26-28-31-34-37-40-43-49(54)48(46-53)52-50(55)45-47(42-39-36-33-30-27-21-18-15-12-9-6-3)57-51(56)44-41-38-35-32-29-25-23-20-17-14-11-8-5-2/h8-9,11-12,14-15,17-18,20-21,23,25,27,29-30,33,36,39,47-49,53-54H,4-7,10,13,16,19,22,24,26,28,31-32,34-35,37-38,40-46H2,1-3H3,(H,52,55)/b11-8+,12-9+,17-14+,18-15+,23-20-,27-21-,29-25-,33-30-,39-36+. The minimum Gasteiger partial charge on any atom is -0.461 e. The number of aliphatic hydroxyl groups excluding tert-OH is 2. The number of aliphatic hydroxyl groups is 2. The number of rotatable bonds is 38. The van der Waals surface area contributed by atoms with E-state index in [0.717, 1.165) is 57.8 Å². The van der Waals surface area contributed by atoms with Crippen LogP contribution in [0.2, 0.25) is 0 Å². The molecule has 6 heteroatoms. The summed E-state index contributed by atoms with van der Waals surface area (Å²) in [7, 11) is 0. The molecule has 6 nitrogen and oxygen atoms in total. The van der Waals surface area contributed by atoms with Crippen molar-refractivity contribution in [2.75, 3.05) is 6.61 Å². The Labute approximate surface area is 349 Å². The molecule has 0 fully saturated rings.